The maximum Gasteiger partial charge on any atom is 0.158 e. The van der Waals surface area contributed by atoms with Crippen molar-refractivity contribution in [2.75, 3.05) is 0 Å². The fourth-order valence-corrected chi connectivity index (χ4v) is 9.38. The first-order valence-corrected chi connectivity index (χ1v) is 12.3. The van der Waals surface area contributed by atoms with E-state index in [-0.39, 0.29) is 16.9 Å². The molecule has 0 amide bonds. The molecule has 0 bridgehead atoms. The molecule has 1 N–H and O–H groups in total. The van der Waals surface area contributed by atoms with E-state index >= 15 is 0 Å². The molecule has 164 valence electrons. The Balaban J connectivity index is 1.25. The van der Waals surface area contributed by atoms with Gasteiger partial charge >= 0.3 is 0 Å². The Kier molecular flexibility index (Phi) is 4.11. The summed E-state index contributed by atoms with van der Waals surface area (Å²) < 4.78 is 1.59. The Labute approximate surface area is 179 Å². The summed E-state index contributed by atoms with van der Waals surface area (Å²) in [4.78, 5) is 13.3. The minimum atomic E-state index is -0.307. The van der Waals surface area contributed by atoms with E-state index in [0.717, 1.165) is 37.0 Å². The lowest BCUT2D eigenvalue weighted by Gasteiger charge is -2.63. The molecule has 1 heterocycles. The van der Waals surface area contributed by atoms with Crippen LogP contribution >= 0.6 is 0 Å². The maximum atomic E-state index is 13.3. The first kappa shape index (κ1) is 19.4. The second-order valence-electron chi connectivity index (χ2n) is 12.0. The molecule has 5 fully saturated rings. The summed E-state index contributed by atoms with van der Waals surface area (Å²) in [5, 5.41) is 22.1. The van der Waals surface area contributed by atoms with Crippen molar-refractivity contribution in [2.45, 2.75) is 90.2 Å². The molecule has 5 aliphatic rings. The van der Waals surface area contributed by atoms with Crippen molar-refractivity contribution in [3.8, 4) is 0 Å². The predicted molar refractivity (Wildman–Crippen MR) is 111 cm³/mol. The SMILES string of the molecule is C[C@]12CC[C@]3(O)CC3[C@@H]1CC[C@@H]1[C@@H]2CC[C@]2(C)[C@@H](C(=O)Cn3cnnn3)CCC[C@@H]12. The van der Waals surface area contributed by atoms with Crippen molar-refractivity contribution >= 4 is 5.78 Å². The average Bonchev–Trinajstić information content (AvgIpc) is 3.14. The van der Waals surface area contributed by atoms with Crippen molar-refractivity contribution < 1.29 is 9.90 Å². The van der Waals surface area contributed by atoms with Gasteiger partial charge in [-0.1, -0.05) is 20.3 Å². The zero-order chi connectivity index (χ0) is 20.7. The number of hydrogen-bond donors (Lipinski definition) is 1. The molecule has 5 saturated carbocycles. The molecule has 0 aromatic carbocycles. The van der Waals surface area contributed by atoms with Crippen LogP contribution in [-0.4, -0.2) is 36.7 Å². The van der Waals surface area contributed by atoms with Crippen molar-refractivity contribution in [1.82, 2.24) is 20.2 Å². The van der Waals surface area contributed by atoms with E-state index in [1.54, 1.807) is 11.0 Å². The Bertz CT molecular complexity index is 842. The van der Waals surface area contributed by atoms with Crippen molar-refractivity contribution in [1.29, 1.82) is 0 Å². The molecule has 6 rings (SSSR count). The third-order valence-electron chi connectivity index (χ3n) is 11.0. The van der Waals surface area contributed by atoms with Gasteiger partial charge in [-0.25, -0.2) is 4.68 Å². The van der Waals surface area contributed by atoms with Gasteiger partial charge in [-0.3, -0.25) is 4.79 Å². The highest BCUT2D eigenvalue weighted by molar-refractivity contribution is 5.81. The summed E-state index contributed by atoms with van der Waals surface area (Å²) in [5.74, 6) is 3.99. The number of aliphatic hydroxyl groups is 1. The third-order valence-corrected chi connectivity index (χ3v) is 11.0. The summed E-state index contributed by atoms with van der Waals surface area (Å²) in [6.45, 7) is 5.32. The van der Waals surface area contributed by atoms with Crippen molar-refractivity contribution in [3.05, 3.63) is 6.33 Å². The lowest BCUT2D eigenvalue weighted by molar-refractivity contribution is -0.161. The molecule has 30 heavy (non-hydrogen) atoms. The standard InChI is InChI=1S/C24H36N4O2/c1-22-9-8-17-15(6-7-18-20-12-24(20,30)11-10-23(17,18)2)16(22)4-3-5-19(22)21(29)13-28-14-25-26-27-28/h14-20,30H,3-13H2,1-2H3/t15-,16-,17-,18-,19+,20?,22-,23+,24-/m0/s1. The summed E-state index contributed by atoms with van der Waals surface area (Å²) >= 11 is 0. The molecule has 6 nitrogen and oxygen atoms in total. The van der Waals surface area contributed by atoms with E-state index in [1.165, 1.54) is 44.9 Å². The van der Waals surface area contributed by atoms with E-state index in [0.29, 0.717) is 29.6 Å². The lowest BCUT2D eigenvalue weighted by atomic mass is 9.41. The van der Waals surface area contributed by atoms with Gasteiger partial charge in [0.1, 0.15) is 12.9 Å². The number of carbonyl (C=O) groups excluding carboxylic acids is 1. The third kappa shape index (κ3) is 2.58. The van der Waals surface area contributed by atoms with E-state index in [9.17, 15) is 9.90 Å². The van der Waals surface area contributed by atoms with E-state index in [4.69, 9.17) is 0 Å². The molecular formula is C24H36N4O2. The Morgan fingerprint density at radius 3 is 2.63 bits per heavy atom. The fraction of sp³-hybridized carbons (Fsp3) is 0.917. The van der Waals surface area contributed by atoms with Gasteiger partial charge in [-0.15, -0.1) is 5.10 Å². The number of nitrogens with zero attached hydrogens (tertiary/aromatic N) is 4. The zero-order valence-electron chi connectivity index (χ0n) is 18.5. The van der Waals surface area contributed by atoms with Crippen LogP contribution in [0.2, 0.25) is 0 Å². The number of hydrogen-bond acceptors (Lipinski definition) is 5. The lowest BCUT2D eigenvalue weighted by Crippen LogP contribution is -2.57. The van der Waals surface area contributed by atoms with E-state index < -0.39 is 0 Å². The van der Waals surface area contributed by atoms with Crippen LogP contribution in [0.25, 0.3) is 0 Å². The van der Waals surface area contributed by atoms with Crippen molar-refractivity contribution in [3.63, 3.8) is 0 Å². The Hall–Kier alpha value is -1.30. The molecule has 0 saturated heterocycles. The number of aromatic nitrogens is 4. The number of fused-ring (bicyclic) bond motifs is 7. The topological polar surface area (TPSA) is 80.9 Å². The smallest absolute Gasteiger partial charge is 0.158 e. The normalized spacial score (nSPS) is 51.8. The average molecular weight is 413 g/mol. The summed E-state index contributed by atoms with van der Waals surface area (Å²) in [7, 11) is 0. The first-order chi connectivity index (χ1) is 14.4. The number of tetrazole rings is 1. The Morgan fingerprint density at radius 2 is 1.83 bits per heavy atom. The second-order valence-corrected chi connectivity index (χ2v) is 12.0. The predicted octanol–water partition coefficient (Wildman–Crippen LogP) is 3.65. The highest BCUT2D eigenvalue weighted by Crippen LogP contribution is 2.72. The highest BCUT2D eigenvalue weighted by atomic mass is 16.3. The molecule has 1 aromatic heterocycles. The minimum Gasteiger partial charge on any atom is -0.390 e. The van der Waals surface area contributed by atoms with Crippen LogP contribution in [0.15, 0.2) is 6.33 Å². The fourth-order valence-electron chi connectivity index (χ4n) is 9.38. The van der Waals surface area contributed by atoms with Gasteiger partial charge in [0, 0.05) is 5.92 Å². The van der Waals surface area contributed by atoms with Crippen LogP contribution in [0.1, 0.15) is 78.1 Å². The second kappa shape index (κ2) is 6.36. The molecule has 6 heteroatoms. The van der Waals surface area contributed by atoms with Gasteiger partial charge in [0.25, 0.3) is 0 Å². The highest BCUT2D eigenvalue weighted by Gasteiger charge is 2.68. The molecular weight excluding hydrogens is 376 g/mol. The van der Waals surface area contributed by atoms with E-state index in [1.807, 2.05) is 0 Å². The van der Waals surface area contributed by atoms with Crippen LogP contribution in [0, 0.1) is 46.3 Å². The van der Waals surface area contributed by atoms with Crippen LogP contribution < -0.4 is 0 Å². The molecule has 0 spiro atoms. The Morgan fingerprint density at radius 1 is 1.00 bits per heavy atom. The van der Waals surface area contributed by atoms with Gasteiger partial charge in [-0.05, 0) is 109 Å². The van der Waals surface area contributed by atoms with Crippen LogP contribution in [-0.2, 0) is 11.3 Å². The molecule has 5 aliphatic carbocycles. The summed E-state index contributed by atoms with van der Waals surface area (Å²) in [5.41, 5.74) is 0.225. The quantitative estimate of drug-likeness (QED) is 0.819. The minimum absolute atomic E-state index is 0.128. The van der Waals surface area contributed by atoms with Crippen LogP contribution in [0.4, 0.5) is 0 Å². The zero-order valence-corrected chi connectivity index (χ0v) is 18.5. The molecule has 1 unspecified atom stereocenters. The van der Waals surface area contributed by atoms with Gasteiger partial charge in [-0.2, -0.15) is 0 Å². The summed E-state index contributed by atoms with van der Waals surface area (Å²) in [6.07, 6.45) is 13.4. The molecule has 9 atom stereocenters. The molecule has 1 aromatic rings. The van der Waals surface area contributed by atoms with Gasteiger partial charge < -0.3 is 5.11 Å². The van der Waals surface area contributed by atoms with Crippen LogP contribution in [0.5, 0.6) is 0 Å². The maximum absolute atomic E-state index is 13.3. The van der Waals surface area contributed by atoms with Gasteiger partial charge in [0.2, 0.25) is 0 Å². The van der Waals surface area contributed by atoms with Gasteiger partial charge in [0.15, 0.2) is 5.78 Å². The largest absolute Gasteiger partial charge is 0.390 e. The number of carbonyl (C=O) groups is 1. The number of ketones is 1. The summed E-state index contributed by atoms with van der Waals surface area (Å²) in [6, 6.07) is 0. The van der Waals surface area contributed by atoms with Crippen LogP contribution in [0.3, 0.4) is 0 Å². The molecule has 0 radical (unpaired) electrons. The number of rotatable bonds is 3. The van der Waals surface area contributed by atoms with E-state index in [2.05, 4.69) is 29.4 Å². The monoisotopic (exact) mass is 412 g/mol. The molecule has 0 aliphatic heterocycles. The van der Waals surface area contributed by atoms with Crippen molar-refractivity contribution in [2.24, 2.45) is 46.3 Å². The number of Topliss-reactive ketones (excluding diaryl/α,β-unsaturated/α-hetero) is 1. The van der Waals surface area contributed by atoms with Gasteiger partial charge in [0.05, 0.1) is 5.60 Å². The first-order valence-electron chi connectivity index (χ1n) is 12.3.